The van der Waals surface area contributed by atoms with Crippen molar-refractivity contribution in [2.45, 2.75) is 13.5 Å². The second-order valence-corrected chi connectivity index (χ2v) is 9.56. The van der Waals surface area contributed by atoms with E-state index in [2.05, 4.69) is 14.7 Å². The van der Waals surface area contributed by atoms with Crippen molar-refractivity contribution in [1.29, 1.82) is 0 Å². The second kappa shape index (κ2) is 8.61. The first-order chi connectivity index (χ1) is 16.0. The number of carbonyl (C=O) groups excluding carboxylic acids is 1. The molecule has 0 aliphatic heterocycles. The Balaban J connectivity index is 2.15. The van der Waals surface area contributed by atoms with Crippen LogP contribution in [0.25, 0.3) is 33.5 Å². The molecular formula is C22H20F2N4O5S. The van der Waals surface area contributed by atoms with Gasteiger partial charge in [-0.15, -0.1) is 0 Å². The minimum Gasteiger partial charge on any atom is -0.465 e. The first kappa shape index (κ1) is 23.5. The molecule has 4 aromatic rings. The van der Waals surface area contributed by atoms with Gasteiger partial charge in [0, 0.05) is 19.5 Å². The number of hydrogen-bond acceptors (Lipinski definition) is 7. The zero-order valence-corrected chi connectivity index (χ0v) is 19.4. The van der Waals surface area contributed by atoms with E-state index in [-0.39, 0.29) is 33.9 Å². The quantitative estimate of drug-likeness (QED) is 0.381. The summed E-state index contributed by atoms with van der Waals surface area (Å²) in [7, 11) is -0.444. The normalized spacial score (nSPS) is 12.1. The zero-order chi connectivity index (χ0) is 24.8. The van der Waals surface area contributed by atoms with Crippen molar-refractivity contribution in [3.63, 3.8) is 0 Å². The van der Waals surface area contributed by atoms with Crippen molar-refractivity contribution in [1.82, 2.24) is 18.2 Å². The van der Waals surface area contributed by atoms with Gasteiger partial charge in [-0.05, 0) is 37.3 Å². The molecule has 0 fully saturated rings. The number of methoxy groups -OCH3 is 1. The van der Waals surface area contributed by atoms with E-state index in [1.165, 1.54) is 45.5 Å². The van der Waals surface area contributed by atoms with Crippen molar-refractivity contribution >= 4 is 38.1 Å². The summed E-state index contributed by atoms with van der Waals surface area (Å²) in [6.45, 7) is -1.28. The molecule has 2 aromatic heterocycles. The average molecular weight is 490 g/mol. The topological polar surface area (TPSA) is 104 Å². The maximum Gasteiger partial charge on any atom is 0.387 e. The van der Waals surface area contributed by atoms with E-state index < -0.39 is 22.8 Å². The molecule has 0 saturated heterocycles. The van der Waals surface area contributed by atoms with Gasteiger partial charge in [0.2, 0.25) is 0 Å². The number of alkyl halides is 2. The van der Waals surface area contributed by atoms with E-state index in [1.54, 1.807) is 6.07 Å². The molecule has 0 spiro atoms. The number of hydrogen-bond donors (Lipinski definition) is 0. The number of fused-ring (bicyclic) bond motifs is 2. The molecule has 0 amide bonds. The molecule has 0 bridgehead atoms. The van der Waals surface area contributed by atoms with E-state index in [0.717, 1.165) is 13.8 Å². The summed E-state index contributed by atoms with van der Waals surface area (Å²) in [5.74, 6) is -1.34. The van der Waals surface area contributed by atoms with Crippen molar-refractivity contribution in [3.8, 4) is 17.3 Å². The first-order valence-electron chi connectivity index (χ1n) is 9.94. The fourth-order valence-electron chi connectivity index (χ4n) is 3.52. The lowest BCUT2D eigenvalue weighted by Crippen LogP contribution is -2.29. The van der Waals surface area contributed by atoms with Crippen LogP contribution in [0.3, 0.4) is 0 Å². The minimum absolute atomic E-state index is 0.0246. The fourth-order valence-corrected chi connectivity index (χ4v) is 4.59. The smallest absolute Gasteiger partial charge is 0.387 e. The van der Waals surface area contributed by atoms with Crippen molar-refractivity contribution in [2.24, 2.45) is 0 Å². The van der Waals surface area contributed by atoms with Crippen LogP contribution in [0.1, 0.15) is 15.9 Å². The summed E-state index contributed by atoms with van der Waals surface area (Å²) in [5.41, 5.74) is 1.11. The van der Waals surface area contributed by atoms with Gasteiger partial charge in [-0.25, -0.2) is 18.7 Å². The summed E-state index contributed by atoms with van der Waals surface area (Å²) in [4.78, 5) is 21.5. The van der Waals surface area contributed by atoms with Gasteiger partial charge in [0.25, 0.3) is 0 Å². The molecule has 2 heterocycles. The number of halogens is 2. The van der Waals surface area contributed by atoms with Crippen LogP contribution in [-0.2, 0) is 14.9 Å². The molecule has 0 atom stereocenters. The third-order valence-electron chi connectivity index (χ3n) is 5.10. The Bertz CT molecular complexity index is 1530. The molecule has 178 valence electrons. The van der Waals surface area contributed by atoms with Crippen LogP contribution >= 0.6 is 0 Å². The standard InChI is InChI=1S/C22H20F2N4O5S/c1-12-8-9-15-13(10-12)11-14(21(29)32-4)18(25-15)20-26-19-16(28(20)34(30,31)27(2)3)6-5-7-17(19)33-22(23)24/h5-11,22H,1-4H3. The minimum atomic E-state index is -4.24. The number of imidazole rings is 1. The van der Waals surface area contributed by atoms with Gasteiger partial charge < -0.3 is 9.47 Å². The average Bonchev–Trinajstić information content (AvgIpc) is 3.18. The molecule has 9 nitrogen and oxygen atoms in total. The van der Waals surface area contributed by atoms with Crippen LogP contribution in [0, 0.1) is 6.92 Å². The molecule has 0 aliphatic rings. The number of ether oxygens (including phenoxy) is 2. The number of carbonyl (C=O) groups is 1. The summed E-state index contributed by atoms with van der Waals surface area (Å²) in [6, 6.07) is 10.9. The summed E-state index contributed by atoms with van der Waals surface area (Å²) >= 11 is 0. The second-order valence-electron chi connectivity index (χ2n) is 7.56. The number of para-hydroxylation sites is 1. The van der Waals surface area contributed by atoms with E-state index in [9.17, 15) is 22.0 Å². The molecule has 2 aromatic carbocycles. The highest BCUT2D eigenvalue weighted by atomic mass is 32.2. The number of benzene rings is 2. The lowest BCUT2D eigenvalue weighted by Gasteiger charge is -2.16. The number of esters is 1. The van der Waals surface area contributed by atoms with Crippen molar-refractivity contribution in [3.05, 3.63) is 53.6 Å². The summed E-state index contributed by atoms with van der Waals surface area (Å²) < 4.78 is 63.9. The predicted octanol–water partition coefficient (Wildman–Crippen LogP) is 3.60. The van der Waals surface area contributed by atoms with Gasteiger partial charge in [0.05, 0.1) is 23.7 Å². The molecule has 0 radical (unpaired) electrons. The lowest BCUT2D eigenvalue weighted by atomic mass is 10.1. The zero-order valence-electron chi connectivity index (χ0n) is 18.6. The molecular weight excluding hydrogens is 470 g/mol. The fraction of sp³-hybridized carbons (Fsp3) is 0.227. The Kier molecular flexibility index (Phi) is 5.96. The number of pyridine rings is 1. The van der Waals surface area contributed by atoms with Gasteiger partial charge in [-0.2, -0.15) is 21.5 Å². The van der Waals surface area contributed by atoms with E-state index in [1.807, 2.05) is 19.1 Å². The molecule has 0 unspecified atom stereocenters. The van der Waals surface area contributed by atoms with Gasteiger partial charge in [0.15, 0.2) is 11.6 Å². The third-order valence-corrected chi connectivity index (χ3v) is 6.86. The van der Waals surface area contributed by atoms with Gasteiger partial charge in [0.1, 0.15) is 11.2 Å². The molecule has 4 rings (SSSR count). The monoisotopic (exact) mass is 490 g/mol. The Hall–Kier alpha value is -3.64. The molecule has 12 heteroatoms. The molecule has 0 N–H and O–H groups in total. The highest BCUT2D eigenvalue weighted by Crippen LogP contribution is 2.35. The largest absolute Gasteiger partial charge is 0.465 e. The number of aromatic nitrogens is 3. The highest BCUT2D eigenvalue weighted by molar-refractivity contribution is 7.87. The van der Waals surface area contributed by atoms with E-state index in [4.69, 9.17) is 4.74 Å². The van der Waals surface area contributed by atoms with Crippen molar-refractivity contribution in [2.75, 3.05) is 21.2 Å². The van der Waals surface area contributed by atoms with Crippen LogP contribution in [0.2, 0.25) is 0 Å². The SMILES string of the molecule is COC(=O)c1cc2cc(C)ccc2nc1-c1nc2c(OC(F)F)cccc2n1S(=O)(=O)N(C)C. The number of aryl methyl sites for hydroxylation is 1. The van der Waals surface area contributed by atoms with Crippen LogP contribution in [0.4, 0.5) is 8.78 Å². The van der Waals surface area contributed by atoms with Gasteiger partial charge >= 0.3 is 22.8 Å². The number of rotatable bonds is 6. The molecule has 0 aliphatic carbocycles. The maximum absolute atomic E-state index is 13.3. The van der Waals surface area contributed by atoms with Crippen LogP contribution in [-0.4, -0.2) is 60.4 Å². The maximum atomic E-state index is 13.3. The van der Waals surface area contributed by atoms with Crippen molar-refractivity contribution < 1.29 is 31.5 Å². The van der Waals surface area contributed by atoms with Gasteiger partial charge in [-0.1, -0.05) is 17.7 Å². The Morgan fingerprint density at radius 3 is 2.50 bits per heavy atom. The van der Waals surface area contributed by atoms with Gasteiger partial charge in [-0.3, -0.25) is 0 Å². The number of nitrogens with zero attached hydrogens (tertiary/aromatic N) is 4. The first-order valence-corrected chi connectivity index (χ1v) is 11.3. The molecule has 34 heavy (non-hydrogen) atoms. The predicted molar refractivity (Wildman–Crippen MR) is 121 cm³/mol. The Morgan fingerprint density at radius 2 is 1.85 bits per heavy atom. The Labute approximate surface area is 193 Å². The third kappa shape index (κ3) is 3.94. The van der Waals surface area contributed by atoms with E-state index in [0.29, 0.717) is 10.9 Å². The Morgan fingerprint density at radius 1 is 1.12 bits per heavy atom. The van der Waals surface area contributed by atoms with Crippen LogP contribution in [0.15, 0.2) is 42.5 Å². The molecule has 0 saturated carbocycles. The highest BCUT2D eigenvalue weighted by Gasteiger charge is 2.30. The summed E-state index contributed by atoms with van der Waals surface area (Å²) in [6.07, 6.45) is 0. The van der Waals surface area contributed by atoms with E-state index >= 15 is 0 Å². The lowest BCUT2D eigenvalue weighted by molar-refractivity contribution is -0.0489. The van der Waals surface area contributed by atoms with Crippen LogP contribution < -0.4 is 4.74 Å². The van der Waals surface area contributed by atoms with Crippen LogP contribution in [0.5, 0.6) is 5.75 Å². The summed E-state index contributed by atoms with van der Waals surface area (Å²) in [5, 5.41) is 0.629.